The van der Waals surface area contributed by atoms with Crippen LogP contribution in [0.15, 0.2) is 30.4 Å². The van der Waals surface area contributed by atoms with E-state index in [0.717, 1.165) is 0 Å². The maximum atomic E-state index is 10.6. The number of benzene rings is 1. The summed E-state index contributed by atoms with van der Waals surface area (Å²) < 4.78 is 0. The van der Waals surface area contributed by atoms with Crippen molar-refractivity contribution in [1.82, 2.24) is 0 Å². The Labute approximate surface area is 63.8 Å². The molecular formula is C6HNO5. The number of nitrogens with zero attached hydrogens (tertiary/aromatic N) is 1. The summed E-state index contributed by atoms with van der Waals surface area (Å²) in [7, 11) is 0. The highest BCUT2D eigenvalue weighted by atomic mass is 16.3. The summed E-state index contributed by atoms with van der Waals surface area (Å²) in [6.07, 6.45) is 0. The van der Waals surface area contributed by atoms with Crippen molar-refractivity contribution in [3.63, 3.8) is 0 Å². The molecule has 0 unspecified atom stereocenters. The van der Waals surface area contributed by atoms with Gasteiger partial charge in [-0.25, -0.2) is 0 Å². The van der Waals surface area contributed by atoms with E-state index < -0.39 is 27.4 Å². The van der Waals surface area contributed by atoms with Crippen molar-refractivity contribution in [2.75, 3.05) is 0 Å². The first-order valence-electron chi connectivity index (χ1n) is 2.80. The zero-order valence-corrected chi connectivity index (χ0v) is 5.57. The maximum absolute atomic E-state index is 10.6. The van der Waals surface area contributed by atoms with Gasteiger partial charge in [0, 0.05) is 6.07 Å². The monoisotopic (exact) mass is 167 g/mol. The first kappa shape index (κ1) is 8.12. The summed E-state index contributed by atoms with van der Waals surface area (Å²) >= 11 is 0. The quantitative estimate of drug-likeness (QED) is 0.370. The molecule has 0 saturated carbocycles. The number of nitroso groups, excluding NO2 is 1. The van der Waals surface area contributed by atoms with E-state index in [0.29, 0.717) is 6.07 Å². The Morgan fingerprint density at radius 3 is 2.00 bits per heavy atom. The molecule has 0 aliphatic heterocycles. The molecule has 1 rings (SSSR count). The molecule has 0 aromatic heterocycles. The smallest absolute Gasteiger partial charge is 0.279 e. The summed E-state index contributed by atoms with van der Waals surface area (Å²) in [5.41, 5.74) is -6.25. The predicted molar refractivity (Wildman–Crippen MR) is 39.3 cm³/mol. The fourth-order valence-electron chi connectivity index (χ4n) is 0.654. The van der Waals surface area contributed by atoms with Gasteiger partial charge in [-0.1, -0.05) is 0 Å². The third-order valence-corrected chi connectivity index (χ3v) is 1.24. The van der Waals surface area contributed by atoms with Crippen LogP contribution in [0.1, 0.15) is 0 Å². The standard InChI is InChI=1S/C6HNO5/c8-3-1-2(7-12)4(9)6(11)5(3)10/h1H. The lowest BCUT2D eigenvalue weighted by Crippen LogP contribution is -2.45. The van der Waals surface area contributed by atoms with Crippen LogP contribution in [0.5, 0.6) is 0 Å². The zero-order chi connectivity index (χ0) is 9.30. The van der Waals surface area contributed by atoms with Crippen molar-refractivity contribution in [3.8, 4) is 0 Å². The van der Waals surface area contributed by atoms with Crippen LogP contribution in [0.25, 0.3) is 0 Å². The van der Waals surface area contributed by atoms with Gasteiger partial charge in [0.2, 0.25) is 5.43 Å². The molecule has 0 saturated heterocycles. The van der Waals surface area contributed by atoms with Gasteiger partial charge in [-0.3, -0.25) is 19.2 Å². The Morgan fingerprint density at radius 2 is 1.50 bits per heavy atom. The van der Waals surface area contributed by atoms with Gasteiger partial charge in [-0.05, 0) is 5.18 Å². The predicted octanol–water partition coefficient (Wildman–Crippen LogP) is -1.60. The lowest BCUT2D eigenvalue weighted by Gasteiger charge is -1.79. The van der Waals surface area contributed by atoms with E-state index in [1.54, 1.807) is 0 Å². The van der Waals surface area contributed by atoms with Gasteiger partial charge in [0.1, 0.15) is 0 Å². The van der Waals surface area contributed by atoms with Gasteiger partial charge in [0.15, 0.2) is 5.69 Å². The second-order valence-electron chi connectivity index (χ2n) is 1.97. The maximum Gasteiger partial charge on any atom is 0.279 e. The normalized spacial score (nSPS) is 9.67. The molecule has 12 heavy (non-hydrogen) atoms. The average Bonchev–Trinajstić information content (AvgIpc) is 2.08. The molecule has 0 heterocycles. The Bertz CT molecular complexity index is 522. The minimum absolute atomic E-state index is 0.457. The van der Waals surface area contributed by atoms with Crippen LogP contribution in [0.2, 0.25) is 0 Å². The molecule has 0 aliphatic carbocycles. The summed E-state index contributed by atoms with van der Waals surface area (Å²) in [6, 6.07) is 0.457. The average molecular weight is 167 g/mol. The topological polar surface area (TPSA) is 97.7 Å². The number of hydrogen-bond donors (Lipinski definition) is 0. The largest absolute Gasteiger partial charge is 0.285 e. The minimum Gasteiger partial charge on any atom is -0.285 e. The van der Waals surface area contributed by atoms with E-state index in [1.165, 1.54) is 0 Å². The van der Waals surface area contributed by atoms with E-state index in [-0.39, 0.29) is 0 Å². The highest BCUT2D eigenvalue weighted by Gasteiger charge is 2.09. The van der Waals surface area contributed by atoms with Gasteiger partial charge in [0.05, 0.1) is 0 Å². The molecule has 0 spiro atoms. The molecule has 6 nitrogen and oxygen atoms in total. The summed E-state index contributed by atoms with van der Waals surface area (Å²) in [5.74, 6) is 0. The molecule has 6 heteroatoms. The van der Waals surface area contributed by atoms with Crippen LogP contribution in [-0.4, -0.2) is 0 Å². The molecule has 0 N–H and O–H groups in total. The van der Waals surface area contributed by atoms with E-state index in [2.05, 4.69) is 5.18 Å². The molecule has 0 aliphatic rings. The summed E-state index contributed by atoms with van der Waals surface area (Å²) in [6.45, 7) is 0. The lowest BCUT2D eigenvalue weighted by atomic mass is 10.3. The van der Waals surface area contributed by atoms with Gasteiger partial charge in [-0.15, -0.1) is 4.91 Å². The van der Waals surface area contributed by atoms with Crippen molar-refractivity contribution in [2.24, 2.45) is 5.18 Å². The van der Waals surface area contributed by atoms with Crippen molar-refractivity contribution in [2.45, 2.75) is 0 Å². The SMILES string of the molecule is O=Nc1cc(=O)c(=O)c(=O)c1=O. The van der Waals surface area contributed by atoms with Gasteiger partial charge < -0.3 is 0 Å². The van der Waals surface area contributed by atoms with Crippen LogP contribution in [0.3, 0.4) is 0 Å². The third kappa shape index (κ3) is 0.986. The Kier molecular flexibility index (Phi) is 1.74. The molecule has 1 aromatic carbocycles. The molecule has 0 fully saturated rings. The second-order valence-corrected chi connectivity index (χ2v) is 1.97. The highest BCUT2D eigenvalue weighted by molar-refractivity contribution is 5.35. The Hall–Kier alpha value is -1.98. The van der Waals surface area contributed by atoms with Crippen LogP contribution in [0, 0.1) is 4.91 Å². The van der Waals surface area contributed by atoms with E-state index in [9.17, 15) is 24.1 Å². The van der Waals surface area contributed by atoms with E-state index in [4.69, 9.17) is 0 Å². The first-order valence-corrected chi connectivity index (χ1v) is 2.80. The van der Waals surface area contributed by atoms with Crippen LogP contribution < -0.4 is 21.7 Å². The van der Waals surface area contributed by atoms with Crippen LogP contribution in [0.4, 0.5) is 5.69 Å². The Balaban J connectivity index is 4.00. The fraction of sp³-hybridized carbons (Fsp3) is 0. The number of hydrogen-bond acceptors (Lipinski definition) is 6. The third-order valence-electron chi connectivity index (χ3n) is 1.24. The summed E-state index contributed by atoms with van der Waals surface area (Å²) in [5, 5.41) is 2.13. The first-order chi connectivity index (χ1) is 5.57. The zero-order valence-electron chi connectivity index (χ0n) is 5.57. The van der Waals surface area contributed by atoms with Crippen LogP contribution in [-0.2, 0) is 0 Å². The molecular weight excluding hydrogens is 166 g/mol. The molecule has 1 aromatic rings. The highest BCUT2D eigenvalue weighted by Crippen LogP contribution is 1.93. The second kappa shape index (κ2) is 2.57. The van der Waals surface area contributed by atoms with Crippen LogP contribution >= 0.6 is 0 Å². The molecule has 0 amide bonds. The fourth-order valence-corrected chi connectivity index (χ4v) is 0.654. The minimum atomic E-state index is -1.50. The van der Waals surface area contributed by atoms with Gasteiger partial charge in [-0.2, -0.15) is 0 Å². The summed E-state index contributed by atoms with van der Waals surface area (Å²) in [4.78, 5) is 52.0. The molecule has 0 radical (unpaired) electrons. The van der Waals surface area contributed by atoms with Crippen molar-refractivity contribution < 1.29 is 0 Å². The van der Waals surface area contributed by atoms with E-state index >= 15 is 0 Å². The van der Waals surface area contributed by atoms with Gasteiger partial charge in [0.25, 0.3) is 16.3 Å². The van der Waals surface area contributed by atoms with Crippen molar-refractivity contribution >= 4 is 5.69 Å². The van der Waals surface area contributed by atoms with Crippen molar-refractivity contribution in [1.29, 1.82) is 0 Å². The van der Waals surface area contributed by atoms with Crippen molar-refractivity contribution in [3.05, 3.63) is 51.9 Å². The lowest BCUT2D eigenvalue weighted by molar-refractivity contribution is 1.30. The van der Waals surface area contributed by atoms with E-state index in [1.807, 2.05) is 0 Å². The van der Waals surface area contributed by atoms with Gasteiger partial charge >= 0.3 is 0 Å². The molecule has 0 bridgehead atoms. The number of rotatable bonds is 1. The molecule has 0 atom stereocenters. The molecule has 60 valence electrons. The Morgan fingerprint density at radius 1 is 0.917 bits per heavy atom.